The van der Waals surface area contributed by atoms with Gasteiger partial charge in [0.25, 0.3) is 5.91 Å². The smallest absolute Gasteiger partial charge is 0.251 e. The number of ether oxygens (including phenoxy) is 1. The highest BCUT2D eigenvalue weighted by atomic mass is 16.5. The Kier molecular flexibility index (Phi) is 6.63. The molecule has 122 valence electrons. The molecule has 23 heavy (non-hydrogen) atoms. The Morgan fingerprint density at radius 3 is 2.70 bits per heavy atom. The lowest BCUT2D eigenvalue weighted by atomic mass is 10.1. The van der Waals surface area contributed by atoms with Crippen molar-refractivity contribution in [1.29, 1.82) is 0 Å². The second kappa shape index (κ2) is 8.96. The molecule has 2 aromatic rings. The molecule has 0 bridgehead atoms. The van der Waals surface area contributed by atoms with Crippen molar-refractivity contribution in [2.45, 2.75) is 19.8 Å². The topological polar surface area (TPSA) is 64.4 Å². The van der Waals surface area contributed by atoms with Crippen LogP contribution in [0, 0.1) is 6.92 Å². The Balaban J connectivity index is 1.60. The fourth-order valence-electron chi connectivity index (χ4n) is 2.29. The van der Waals surface area contributed by atoms with Crippen molar-refractivity contribution in [1.82, 2.24) is 5.32 Å². The Labute approximate surface area is 137 Å². The van der Waals surface area contributed by atoms with Gasteiger partial charge in [-0.15, -0.1) is 0 Å². The predicted molar refractivity (Wildman–Crippen MR) is 93.5 cm³/mol. The second-order valence-corrected chi connectivity index (χ2v) is 5.53. The van der Waals surface area contributed by atoms with Crippen molar-refractivity contribution in [3.63, 3.8) is 0 Å². The minimum atomic E-state index is -0.0842. The van der Waals surface area contributed by atoms with Gasteiger partial charge in [-0.25, -0.2) is 0 Å². The van der Waals surface area contributed by atoms with E-state index in [1.165, 1.54) is 5.56 Å². The lowest BCUT2D eigenvalue weighted by Crippen LogP contribution is -2.26. The molecule has 0 aliphatic heterocycles. The van der Waals surface area contributed by atoms with Crippen LogP contribution in [0.3, 0.4) is 0 Å². The summed E-state index contributed by atoms with van der Waals surface area (Å²) in [5.74, 6) is -0.0842. The van der Waals surface area contributed by atoms with E-state index in [4.69, 9.17) is 10.5 Å². The number of amides is 1. The van der Waals surface area contributed by atoms with Gasteiger partial charge in [-0.05, 0) is 43.0 Å². The SMILES string of the molecule is Cc1ccc(N)cc1C(=O)NCCCOCCc1ccccc1. The zero-order valence-corrected chi connectivity index (χ0v) is 13.5. The minimum absolute atomic E-state index is 0.0842. The number of anilines is 1. The molecule has 0 aromatic heterocycles. The zero-order valence-electron chi connectivity index (χ0n) is 13.5. The Bertz CT molecular complexity index is 627. The molecule has 1 amide bonds. The van der Waals surface area contributed by atoms with E-state index in [1.54, 1.807) is 12.1 Å². The molecule has 2 aromatic carbocycles. The van der Waals surface area contributed by atoms with Crippen molar-refractivity contribution < 1.29 is 9.53 Å². The summed E-state index contributed by atoms with van der Waals surface area (Å²) in [6.45, 7) is 3.84. The lowest BCUT2D eigenvalue weighted by Gasteiger charge is -2.09. The van der Waals surface area contributed by atoms with Gasteiger partial charge in [-0.3, -0.25) is 4.79 Å². The fraction of sp³-hybridized carbons (Fsp3) is 0.316. The summed E-state index contributed by atoms with van der Waals surface area (Å²) in [7, 11) is 0. The summed E-state index contributed by atoms with van der Waals surface area (Å²) in [6, 6.07) is 15.6. The van der Waals surface area contributed by atoms with E-state index < -0.39 is 0 Å². The summed E-state index contributed by atoms with van der Waals surface area (Å²) in [4.78, 5) is 12.1. The molecule has 0 atom stereocenters. The van der Waals surface area contributed by atoms with E-state index in [2.05, 4.69) is 17.4 Å². The first-order valence-corrected chi connectivity index (χ1v) is 7.93. The summed E-state index contributed by atoms with van der Waals surface area (Å²) in [5, 5.41) is 2.90. The van der Waals surface area contributed by atoms with Crippen LogP contribution in [-0.2, 0) is 11.2 Å². The Morgan fingerprint density at radius 2 is 1.91 bits per heavy atom. The minimum Gasteiger partial charge on any atom is -0.399 e. The maximum atomic E-state index is 12.1. The van der Waals surface area contributed by atoms with E-state index >= 15 is 0 Å². The number of hydrogen-bond acceptors (Lipinski definition) is 3. The third kappa shape index (κ3) is 5.75. The van der Waals surface area contributed by atoms with Gasteiger partial charge >= 0.3 is 0 Å². The van der Waals surface area contributed by atoms with Crippen molar-refractivity contribution in [3.8, 4) is 0 Å². The van der Waals surface area contributed by atoms with Crippen LogP contribution in [0.15, 0.2) is 48.5 Å². The standard InChI is InChI=1S/C19H24N2O2/c1-15-8-9-17(20)14-18(15)19(22)21-11-5-12-23-13-10-16-6-3-2-4-7-16/h2-4,6-9,14H,5,10-13,20H2,1H3,(H,21,22). The van der Waals surface area contributed by atoms with Crippen LogP contribution in [-0.4, -0.2) is 25.7 Å². The first-order chi connectivity index (χ1) is 11.2. The van der Waals surface area contributed by atoms with Crippen LogP contribution in [0.25, 0.3) is 0 Å². The highest BCUT2D eigenvalue weighted by Crippen LogP contribution is 2.12. The molecular formula is C19H24N2O2. The molecule has 3 N–H and O–H groups in total. The molecule has 4 heteroatoms. The van der Waals surface area contributed by atoms with Gasteiger partial charge < -0.3 is 15.8 Å². The van der Waals surface area contributed by atoms with Gasteiger partial charge in [0, 0.05) is 24.4 Å². The number of carbonyl (C=O) groups excluding carboxylic acids is 1. The average molecular weight is 312 g/mol. The maximum absolute atomic E-state index is 12.1. The molecule has 0 heterocycles. The molecule has 0 aliphatic rings. The second-order valence-electron chi connectivity index (χ2n) is 5.53. The van der Waals surface area contributed by atoms with Gasteiger partial charge in [0.05, 0.1) is 6.61 Å². The lowest BCUT2D eigenvalue weighted by molar-refractivity contribution is 0.0941. The van der Waals surface area contributed by atoms with Gasteiger partial charge in [-0.1, -0.05) is 36.4 Å². The normalized spacial score (nSPS) is 10.5. The molecule has 0 saturated carbocycles. The summed E-state index contributed by atoms with van der Waals surface area (Å²) in [5.41, 5.74) is 9.16. The highest BCUT2D eigenvalue weighted by molar-refractivity contribution is 5.96. The Morgan fingerprint density at radius 1 is 1.13 bits per heavy atom. The number of nitrogens with one attached hydrogen (secondary N) is 1. The van der Waals surface area contributed by atoms with Crippen molar-refractivity contribution in [2.75, 3.05) is 25.5 Å². The molecule has 0 aliphatic carbocycles. The van der Waals surface area contributed by atoms with Gasteiger partial charge in [0.15, 0.2) is 0 Å². The van der Waals surface area contributed by atoms with E-state index in [1.807, 2.05) is 31.2 Å². The van der Waals surface area contributed by atoms with Crippen LogP contribution >= 0.6 is 0 Å². The van der Waals surface area contributed by atoms with E-state index in [-0.39, 0.29) is 5.91 Å². The van der Waals surface area contributed by atoms with E-state index in [9.17, 15) is 4.79 Å². The molecular weight excluding hydrogens is 288 g/mol. The van der Waals surface area contributed by atoms with E-state index in [0.29, 0.717) is 31.0 Å². The Hall–Kier alpha value is -2.33. The van der Waals surface area contributed by atoms with Crippen LogP contribution in [0.5, 0.6) is 0 Å². The first kappa shape index (κ1) is 17.0. The van der Waals surface area contributed by atoms with Crippen molar-refractivity contribution >= 4 is 11.6 Å². The average Bonchev–Trinajstić information content (AvgIpc) is 2.57. The number of hydrogen-bond donors (Lipinski definition) is 2. The highest BCUT2D eigenvalue weighted by Gasteiger charge is 2.08. The molecule has 0 unspecified atom stereocenters. The van der Waals surface area contributed by atoms with Crippen molar-refractivity contribution in [3.05, 3.63) is 65.2 Å². The van der Waals surface area contributed by atoms with Crippen LogP contribution < -0.4 is 11.1 Å². The first-order valence-electron chi connectivity index (χ1n) is 7.93. The molecule has 4 nitrogen and oxygen atoms in total. The van der Waals surface area contributed by atoms with Gasteiger partial charge in [-0.2, -0.15) is 0 Å². The summed E-state index contributed by atoms with van der Waals surface area (Å²) < 4.78 is 5.60. The molecule has 0 saturated heterocycles. The molecule has 0 spiro atoms. The van der Waals surface area contributed by atoms with Gasteiger partial charge in [0.1, 0.15) is 0 Å². The number of rotatable bonds is 8. The number of aryl methyl sites for hydroxylation is 1. The van der Waals surface area contributed by atoms with Crippen LogP contribution in [0.2, 0.25) is 0 Å². The number of nitrogens with two attached hydrogens (primary N) is 1. The number of benzene rings is 2. The third-order valence-corrected chi connectivity index (χ3v) is 3.64. The number of carbonyl (C=O) groups is 1. The van der Waals surface area contributed by atoms with Crippen LogP contribution in [0.4, 0.5) is 5.69 Å². The van der Waals surface area contributed by atoms with Gasteiger partial charge in [0.2, 0.25) is 0 Å². The maximum Gasteiger partial charge on any atom is 0.251 e. The largest absolute Gasteiger partial charge is 0.399 e. The summed E-state index contributed by atoms with van der Waals surface area (Å²) in [6.07, 6.45) is 1.71. The summed E-state index contributed by atoms with van der Waals surface area (Å²) >= 11 is 0. The molecule has 2 rings (SSSR count). The van der Waals surface area contributed by atoms with Crippen molar-refractivity contribution in [2.24, 2.45) is 0 Å². The fourth-order valence-corrected chi connectivity index (χ4v) is 2.29. The number of nitrogen functional groups attached to an aromatic ring is 1. The predicted octanol–water partition coefficient (Wildman–Crippen LogP) is 2.96. The van der Waals surface area contributed by atoms with E-state index in [0.717, 1.165) is 18.4 Å². The quantitative estimate of drug-likeness (QED) is 0.582. The molecule has 0 radical (unpaired) electrons. The zero-order chi connectivity index (χ0) is 16.5. The third-order valence-electron chi connectivity index (χ3n) is 3.64. The van der Waals surface area contributed by atoms with Crippen LogP contribution in [0.1, 0.15) is 27.9 Å². The monoisotopic (exact) mass is 312 g/mol. The molecule has 0 fully saturated rings.